The summed E-state index contributed by atoms with van der Waals surface area (Å²) in [5.41, 5.74) is 4.85. The van der Waals surface area contributed by atoms with Crippen LogP contribution in [0.15, 0.2) is 48.5 Å². The van der Waals surface area contributed by atoms with Crippen molar-refractivity contribution in [2.45, 2.75) is 45.2 Å². The van der Waals surface area contributed by atoms with E-state index in [0.717, 1.165) is 27.7 Å². The summed E-state index contributed by atoms with van der Waals surface area (Å²) in [7, 11) is 0. The zero-order chi connectivity index (χ0) is 20.0. The van der Waals surface area contributed by atoms with Gasteiger partial charge >= 0.3 is 0 Å². The maximum Gasteiger partial charge on any atom is 0.220 e. The van der Waals surface area contributed by atoms with E-state index in [-0.39, 0.29) is 12.3 Å². The molecule has 5 heteroatoms. The highest BCUT2D eigenvalue weighted by Crippen LogP contribution is 2.41. The molecule has 3 aromatic rings. The summed E-state index contributed by atoms with van der Waals surface area (Å²) < 4.78 is 0. The zero-order valence-corrected chi connectivity index (χ0v) is 16.2. The van der Waals surface area contributed by atoms with E-state index in [4.69, 9.17) is 0 Å². The summed E-state index contributed by atoms with van der Waals surface area (Å²) in [6, 6.07) is 14.4. The number of rotatable bonds is 3. The Hall–Kier alpha value is -3.08. The standard InChI is InChI=1S/C23H24N2O3/c1-13(2)15-8-10-16(11-9-15)22-21-18(17-6-4-5-7-19(17)24-21)12-20(23(27)28)25(22)14(3)26/h4-11,13,20,22,24H,12H2,1-3H3,(H,27,28)/p-1/t20-,22-/m0/s1. The van der Waals surface area contributed by atoms with E-state index in [1.807, 2.05) is 48.5 Å². The van der Waals surface area contributed by atoms with Crippen LogP contribution in [0.25, 0.3) is 10.9 Å². The quantitative estimate of drug-likeness (QED) is 0.765. The minimum atomic E-state index is -1.23. The summed E-state index contributed by atoms with van der Waals surface area (Å²) in [5.74, 6) is -1.12. The molecular formula is C23H23N2O3-. The number of nitrogens with zero attached hydrogens (tertiary/aromatic N) is 1. The summed E-state index contributed by atoms with van der Waals surface area (Å²) in [6.45, 7) is 5.66. The Balaban J connectivity index is 1.94. The number of aromatic nitrogens is 1. The van der Waals surface area contributed by atoms with Gasteiger partial charge < -0.3 is 19.8 Å². The maximum atomic E-state index is 12.5. The fourth-order valence-electron chi connectivity index (χ4n) is 4.27. The number of nitrogens with one attached hydrogen (secondary N) is 1. The molecule has 28 heavy (non-hydrogen) atoms. The van der Waals surface area contributed by atoms with Crippen LogP contribution in [0.3, 0.4) is 0 Å². The smallest absolute Gasteiger partial charge is 0.220 e. The number of aliphatic carboxylic acids is 1. The minimum absolute atomic E-state index is 0.238. The molecule has 0 bridgehead atoms. The number of carboxylic acids is 1. The monoisotopic (exact) mass is 375 g/mol. The van der Waals surface area contributed by atoms with Crippen LogP contribution in [-0.2, 0) is 16.0 Å². The Bertz CT molecular complexity index is 1050. The average molecular weight is 375 g/mol. The molecule has 0 saturated carbocycles. The molecule has 0 aliphatic carbocycles. The van der Waals surface area contributed by atoms with E-state index in [2.05, 4.69) is 18.8 Å². The van der Waals surface area contributed by atoms with Crippen molar-refractivity contribution < 1.29 is 14.7 Å². The third-order valence-electron chi connectivity index (χ3n) is 5.69. The van der Waals surface area contributed by atoms with E-state index in [1.165, 1.54) is 17.4 Å². The number of benzene rings is 2. The first-order valence-electron chi connectivity index (χ1n) is 9.57. The highest BCUT2D eigenvalue weighted by atomic mass is 16.4. The van der Waals surface area contributed by atoms with Gasteiger partial charge in [0.25, 0.3) is 0 Å². The lowest BCUT2D eigenvalue weighted by Crippen LogP contribution is -2.55. The predicted octanol–water partition coefficient (Wildman–Crippen LogP) is 2.90. The third-order valence-corrected chi connectivity index (χ3v) is 5.69. The molecule has 4 rings (SSSR count). The molecule has 5 nitrogen and oxygen atoms in total. The highest BCUT2D eigenvalue weighted by molar-refractivity contribution is 5.89. The van der Waals surface area contributed by atoms with Crippen molar-refractivity contribution >= 4 is 22.8 Å². The van der Waals surface area contributed by atoms with Crippen LogP contribution in [0.5, 0.6) is 0 Å². The van der Waals surface area contributed by atoms with Crippen LogP contribution in [0.4, 0.5) is 0 Å². The maximum absolute atomic E-state index is 12.5. The van der Waals surface area contributed by atoms with Crippen LogP contribution >= 0.6 is 0 Å². The number of amides is 1. The molecule has 2 heterocycles. The van der Waals surface area contributed by atoms with Crippen LogP contribution in [0, 0.1) is 0 Å². The molecule has 0 spiro atoms. The average Bonchev–Trinajstić information content (AvgIpc) is 3.04. The van der Waals surface area contributed by atoms with E-state index < -0.39 is 18.1 Å². The molecule has 1 aliphatic heterocycles. The Morgan fingerprint density at radius 1 is 1.11 bits per heavy atom. The Kier molecular flexibility index (Phi) is 4.46. The molecule has 1 amide bonds. The van der Waals surface area contributed by atoms with Gasteiger partial charge in [-0.25, -0.2) is 0 Å². The van der Waals surface area contributed by atoms with Crippen LogP contribution in [0.2, 0.25) is 0 Å². The normalized spacial score (nSPS) is 19.1. The molecule has 144 valence electrons. The van der Waals surface area contributed by atoms with Gasteiger partial charge in [-0.05, 0) is 28.7 Å². The van der Waals surface area contributed by atoms with Crippen molar-refractivity contribution in [2.75, 3.05) is 0 Å². The second-order valence-electron chi connectivity index (χ2n) is 7.75. The molecule has 0 saturated heterocycles. The number of fused-ring (bicyclic) bond motifs is 3. The van der Waals surface area contributed by atoms with E-state index in [1.54, 1.807) is 0 Å². The molecule has 0 unspecified atom stereocenters. The first kappa shape index (κ1) is 18.3. The van der Waals surface area contributed by atoms with Crippen molar-refractivity contribution in [3.8, 4) is 0 Å². The second kappa shape index (κ2) is 6.82. The van der Waals surface area contributed by atoms with Gasteiger partial charge in [-0.15, -0.1) is 0 Å². The lowest BCUT2D eigenvalue weighted by atomic mass is 9.87. The van der Waals surface area contributed by atoms with Gasteiger partial charge in [0.2, 0.25) is 5.91 Å². The van der Waals surface area contributed by atoms with Gasteiger partial charge in [-0.2, -0.15) is 0 Å². The van der Waals surface area contributed by atoms with Gasteiger partial charge in [0.05, 0.1) is 18.1 Å². The van der Waals surface area contributed by atoms with E-state index in [0.29, 0.717) is 5.92 Å². The number of H-pyrrole nitrogens is 1. The zero-order valence-electron chi connectivity index (χ0n) is 16.2. The summed E-state index contributed by atoms with van der Waals surface area (Å²) in [5, 5.41) is 12.9. The van der Waals surface area contributed by atoms with Gasteiger partial charge in [0.1, 0.15) is 0 Å². The minimum Gasteiger partial charge on any atom is -0.548 e. The lowest BCUT2D eigenvalue weighted by Gasteiger charge is -2.42. The Labute approximate surface area is 164 Å². The number of hydrogen-bond donors (Lipinski definition) is 1. The van der Waals surface area contributed by atoms with Gasteiger partial charge in [0.15, 0.2) is 0 Å². The van der Waals surface area contributed by atoms with Crippen molar-refractivity contribution in [1.29, 1.82) is 0 Å². The Morgan fingerprint density at radius 2 is 1.79 bits per heavy atom. The summed E-state index contributed by atoms with van der Waals surface area (Å²) in [6.07, 6.45) is 0.238. The Morgan fingerprint density at radius 3 is 2.39 bits per heavy atom. The molecule has 2 aromatic carbocycles. The van der Waals surface area contributed by atoms with Gasteiger partial charge in [0, 0.05) is 29.9 Å². The van der Waals surface area contributed by atoms with Crippen molar-refractivity contribution in [2.24, 2.45) is 0 Å². The molecule has 0 radical (unpaired) electrons. The molecule has 1 N–H and O–H groups in total. The molecule has 0 fully saturated rings. The SMILES string of the molecule is CC(=O)N1[C@@H](c2ccc(C(C)C)cc2)c2[nH]c3ccccc3c2C[C@H]1C(=O)[O-]. The fourth-order valence-corrected chi connectivity index (χ4v) is 4.27. The van der Waals surface area contributed by atoms with Crippen molar-refractivity contribution in [3.05, 3.63) is 70.9 Å². The first-order valence-corrected chi connectivity index (χ1v) is 9.57. The van der Waals surface area contributed by atoms with Crippen molar-refractivity contribution in [1.82, 2.24) is 9.88 Å². The number of hydrogen-bond acceptors (Lipinski definition) is 3. The highest BCUT2D eigenvalue weighted by Gasteiger charge is 2.39. The summed E-state index contributed by atoms with van der Waals surface area (Å²) in [4.78, 5) is 29.3. The number of carbonyl (C=O) groups excluding carboxylic acids is 2. The van der Waals surface area contributed by atoms with Crippen LogP contribution in [-0.4, -0.2) is 27.8 Å². The number of carboxylic acid groups (broad SMARTS) is 1. The molecule has 2 atom stereocenters. The topological polar surface area (TPSA) is 76.2 Å². The van der Waals surface area contributed by atoms with Gasteiger partial charge in [-0.1, -0.05) is 56.3 Å². The number of aromatic amines is 1. The van der Waals surface area contributed by atoms with Gasteiger partial charge in [-0.3, -0.25) is 4.79 Å². The molecule has 1 aliphatic rings. The van der Waals surface area contributed by atoms with E-state index in [9.17, 15) is 14.7 Å². The van der Waals surface area contributed by atoms with E-state index >= 15 is 0 Å². The number of para-hydroxylation sites is 1. The largest absolute Gasteiger partial charge is 0.548 e. The summed E-state index contributed by atoms with van der Waals surface area (Å²) >= 11 is 0. The molecular weight excluding hydrogens is 352 g/mol. The third kappa shape index (κ3) is 2.87. The first-order chi connectivity index (χ1) is 13.4. The molecule has 1 aromatic heterocycles. The number of carbonyl (C=O) groups is 2. The van der Waals surface area contributed by atoms with Crippen LogP contribution in [0.1, 0.15) is 55.1 Å². The lowest BCUT2D eigenvalue weighted by molar-refractivity contribution is -0.312. The fraction of sp³-hybridized carbons (Fsp3) is 0.304. The van der Waals surface area contributed by atoms with Crippen molar-refractivity contribution in [3.63, 3.8) is 0 Å². The second-order valence-corrected chi connectivity index (χ2v) is 7.75. The predicted molar refractivity (Wildman–Crippen MR) is 106 cm³/mol. The van der Waals surface area contributed by atoms with Crippen LogP contribution < -0.4 is 5.11 Å².